The van der Waals surface area contributed by atoms with Crippen LogP contribution in [0.25, 0.3) is 0 Å². The number of hydrogen-bond acceptors (Lipinski definition) is 6. The van der Waals surface area contributed by atoms with Crippen LogP contribution in [-0.2, 0) is 19.0 Å². The van der Waals surface area contributed by atoms with Crippen molar-refractivity contribution in [3.05, 3.63) is 70.7 Å². The van der Waals surface area contributed by atoms with Crippen molar-refractivity contribution in [1.82, 2.24) is 9.80 Å². The van der Waals surface area contributed by atoms with Crippen LogP contribution in [0, 0.1) is 0 Å². The Bertz CT molecular complexity index is 777. The summed E-state index contributed by atoms with van der Waals surface area (Å²) < 4.78 is 15.4. The van der Waals surface area contributed by atoms with E-state index >= 15 is 0 Å². The molecule has 0 N–H and O–H groups in total. The minimum absolute atomic E-state index is 0.0370. The molecule has 1 atom stereocenters. The molecule has 0 spiro atoms. The molecule has 3 rings (SSSR count). The Kier molecular flexibility index (Phi) is 14.0. The predicted octanol–water partition coefficient (Wildman–Crippen LogP) is 4.67. The zero-order valence-electron chi connectivity index (χ0n) is 20.7. The quantitative estimate of drug-likeness (QED) is 0.245. The Hall–Kier alpha value is -1.80. The molecule has 1 aliphatic rings. The van der Waals surface area contributed by atoms with E-state index in [1.165, 1.54) is 11.1 Å². The molecule has 1 heterocycles. The first kappa shape index (κ1) is 28.4. The van der Waals surface area contributed by atoms with Crippen molar-refractivity contribution >= 4 is 17.9 Å². The van der Waals surface area contributed by atoms with Crippen LogP contribution in [0.1, 0.15) is 37.9 Å². The lowest BCUT2D eigenvalue weighted by atomic mass is 9.96. The number of nitrogens with zero attached hydrogens (tertiary/aromatic N) is 2. The summed E-state index contributed by atoms with van der Waals surface area (Å²) in [6.45, 7) is 12.9. The number of hydrogen-bond donors (Lipinski definition) is 0. The highest BCUT2D eigenvalue weighted by molar-refractivity contribution is 6.30. The maximum Gasteiger partial charge on any atom is 0.154 e. The number of ether oxygens (including phenoxy) is 3. The van der Waals surface area contributed by atoms with Crippen molar-refractivity contribution in [2.45, 2.75) is 33.1 Å². The van der Waals surface area contributed by atoms with E-state index in [4.69, 9.17) is 25.8 Å². The van der Waals surface area contributed by atoms with Gasteiger partial charge in [-0.3, -0.25) is 9.80 Å². The van der Waals surface area contributed by atoms with Gasteiger partial charge in [-0.05, 0) is 44.0 Å². The number of carbonyl (C=O) groups is 1. The fourth-order valence-corrected chi connectivity index (χ4v) is 4.11. The molecule has 0 aliphatic carbocycles. The molecule has 188 valence electrons. The summed E-state index contributed by atoms with van der Waals surface area (Å²) in [5, 5.41) is 0.765. The molecule has 2 aromatic rings. The number of aldehydes is 1. The third kappa shape index (κ3) is 10.2. The van der Waals surface area contributed by atoms with Crippen LogP contribution < -0.4 is 0 Å². The van der Waals surface area contributed by atoms with Crippen molar-refractivity contribution in [1.29, 1.82) is 0 Å². The van der Waals surface area contributed by atoms with Crippen molar-refractivity contribution in [2.24, 2.45) is 0 Å². The summed E-state index contributed by atoms with van der Waals surface area (Å²) in [6.07, 6.45) is 0.763. The maximum atomic E-state index is 10.3. The highest BCUT2D eigenvalue weighted by Crippen LogP contribution is 2.30. The average Bonchev–Trinajstić information content (AvgIpc) is 2.86. The summed E-state index contributed by atoms with van der Waals surface area (Å²) in [7, 11) is 0. The lowest BCUT2D eigenvalue weighted by Crippen LogP contribution is -2.48. The third-order valence-corrected chi connectivity index (χ3v) is 5.87. The number of piperazine rings is 1. The lowest BCUT2D eigenvalue weighted by Gasteiger charge is -2.39. The summed E-state index contributed by atoms with van der Waals surface area (Å²) in [4.78, 5) is 15.2. The molecule has 2 aromatic carbocycles. The largest absolute Gasteiger partial charge is 0.373 e. The van der Waals surface area contributed by atoms with Gasteiger partial charge >= 0.3 is 0 Å². The standard InChI is InChI=1S/C21H25ClN2O2.C6H14O2/c22-20-8-6-19(7-9-20)21(18-4-2-1-3-5-18)24-12-10-23(11-13-24)14-16-26-17-15-25;1-4-7-6(3)8-5-2/h1-9,15,21H,10-14,16-17H2;6H,4-5H2,1-3H3. The highest BCUT2D eigenvalue weighted by atomic mass is 35.5. The highest BCUT2D eigenvalue weighted by Gasteiger charge is 2.26. The van der Waals surface area contributed by atoms with E-state index in [0.717, 1.165) is 57.2 Å². The smallest absolute Gasteiger partial charge is 0.154 e. The average molecular weight is 491 g/mol. The van der Waals surface area contributed by atoms with Gasteiger partial charge in [0.1, 0.15) is 12.9 Å². The summed E-state index contributed by atoms with van der Waals surface area (Å²) >= 11 is 6.08. The molecule has 0 saturated carbocycles. The third-order valence-electron chi connectivity index (χ3n) is 5.61. The molecule has 6 nitrogen and oxygen atoms in total. The van der Waals surface area contributed by atoms with E-state index in [1.807, 2.05) is 32.9 Å². The molecular formula is C27H39ClN2O4. The number of carbonyl (C=O) groups excluding carboxylic acids is 1. The Morgan fingerprint density at radius 1 is 0.912 bits per heavy atom. The van der Waals surface area contributed by atoms with Crippen molar-refractivity contribution in [3.63, 3.8) is 0 Å². The fraction of sp³-hybridized carbons (Fsp3) is 0.519. The second-order valence-electron chi connectivity index (χ2n) is 7.96. The van der Waals surface area contributed by atoms with Gasteiger partial charge in [-0.1, -0.05) is 54.1 Å². The Morgan fingerprint density at radius 3 is 2.06 bits per heavy atom. The van der Waals surface area contributed by atoms with Gasteiger partial charge in [0.05, 0.1) is 12.6 Å². The summed E-state index contributed by atoms with van der Waals surface area (Å²) in [6, 6.07) is 19.1. The normalized spacial score (nSPS) is 15.6. The maximum absolute atomic E-state index is 10.3. The summed E-state index contributed by atoms with van der Waals surface area (Å²) in [5.74, 6) is 0. The van der Waals surface area contributed by atoms with Crippen molar-refractivity contribution in [3.8, 4) is 0 Å². The molecule has 34 heavy (non-hydrogen) atoms. The first-order valence-electron chi connectivity index (χ1n) is 12.1. The van der Waals surface area contributed by atoms with Crippen LogP contribution in [-0.4, -0.2) is 81.5 Å². The predicted molar refractivity (Wildman–Crippen MR) is 137 cm³/mol. The Labute approximate surface area is 209 Å². The van der Waals surface area contributed by atoms with Crippen LogP contribution in [0.3, 0.4) is 0 Å². The molecule has 7 heteroatoms. The molecule has 1 unspecified atom stereocenters. The second kappa shape index (κ2) is 16.8. The molecule has 1 fully saturated rings. The van der Waals surface area contributed by atoms with E-state index in [1.54, 1.807) is 0 Å². The van der Waals surface area contributed by atoms with Gasteiger partial charge < -0.3 is 19.0 Å². The molecular weight excluding hydrogens is 452 g/mol. The molecule has 1 saturated heterocycles. The van der Waals surface area contributed by atoms with Crippen LogP contribution >= 0.6 is 11.6 Å². The van der Waals surface area contributed by atoms with Gasteiger partial charge in [0.15, 0.2) is 6.29 Å². The van der Waals surface area contributed by atoms with E-state index in [2.05, 4.69) is 52.3 Å². The van der Waals surface area contributed by atoms with Crippen LogP contribution in [0.15, 0.2) is 54.6 Å². The van der Waals surface area contributed by atoms with E-state index in [9.17, 15) is 4.79 Å². The second-order valence-corrected chi connectivity index (χ2v) is 8.40. The number of halogens is 1. The van der Waals surface area contributed by atoms with E-state index in [0.29, 0.717) is 6.61 Å². The van der Waals surface area contributed by atoms with Gasteiger partial charge in [0.2, 0.25) is 0 Å². The molecule has 1 aliphatic heterocycles. The monoisotopic (exact) mass is 490 g/mol. The summed E-state index contributed by atoms with van der Waals surface area (Å²) in [5.41, 5.74) is 2.57. The number of rotatable bonds is 12. The van der Waals surface area contributed by atoms with Gasteiger partial charge in [-0.15, -0.1) is 0 Å². The minimum atomic E-state index is -0.0370. The Balaban J connectivity index is 0.000000440. The molecule has 0 aromatic heterocycles. The van der Waals surface area contributed by atoms with Crippen molar-refractivity contribution < 1.29 is 19.0 Å². The minimum Gasteiger partial charge on any atom is -0.373 e. The zero-order valence-corrected chi connectivity index (χ0v) is 21.5. The van der Waals surface area contributed by atoms with Gasteiger partial charge in [-0.2, -0.15) is 0 Å². The molecule has 0 radical (unpaired) electrons. The lowest BCUT2D eigenvalue weighted by molar-refractivity contribution is -0.123. The van der Waals surface area contributed by atoms with E-state index in [-0.39, 0.29) is 18.9 Å². The first-order valence-corrected chi connectivity index (χ1v) is 12.5. The zero-order chi connectivity index (χ0) is 24.6. The first-order chi connectivity index (χ1) is 16.6. The SMILES string of the molecule is CCOC(C)OCC.O=CCOCCN1CCN(C(c2ccccc2)c2ccc(Cl)cc2)CC1. The van der Waals surface area contributed by atoms with Crippen LogP contribution in [0.4, 0.5) is 0 Å². The topological polar surface area (TPSA) is 51.2 Å². The van der Waals surface area contributed by atoms with Gasteiger partial charge in [0.25, 0.3) is 0 Å². The van der Waals surface area contributed by atoms with Crippen LogP contribution in [0.5, 0.6) is 0 Å². The molecule has 0 bridgehead atoms. The molecule has 0 amide bonds. The van der Waals surface area contributed by atoms with E-state index < -0.39 is 0 Å². The van der Waals surface area contributed by atoms with Crippen molar-refractivity contribution in [2.75, 3.05) is 59.2 Å². The number of benzene rings is 2. The fourth-order valence-electron chi connectivity index (χ4n) is 3.98. The Morgan fingerprint density at radius 2 is 1.50 bits per heavy atom. The van der Waals surface area contributed by atoms with Crippen LogP contribution in [0.2, 0.25) is 5.02 Å². The van der Waals surface area contributed by atoms with Gasteiger partial charge in [0, 0.05) is 51.0 Å². The van der Waals surface area contributed by atoms with Gasteiger partial charge in [-0.25, -0.2) is 0 Å².